The monoisotopic (exact) mass is 385 g/mol. The molecule has 2 rings (SSSR count). The van der Waals surface area contributed by atoms with Crippen molar-refractivity contribution in [3.8, 4) is 11.5 Å². The standard InChI is InChI=1S/C15H15N5O3.2ClH/c16-14(17)22-11-5-1-9(2-6-11)13(21)20-10-3-7-12(8-4-10)23-15(18)19;;/h1-8H,(H3,16,17)(H3,18,19)(H,20,21);2*1H. The summed E-state index contributed by atoms with van der Waals surface area (Å²) >= 11 is 0. The van der Waals surface area contributed by atoms with Gasteiger partial charge in [0.1, 0.15) is 11.5 Å². The Balaban J connectivity index is 0.00000288. The summed E-state index contributed by atoms with van der Waals surface area (Å²) in [5.74, 6) is 0.473. The van der Waals surface area contributed by atoms with Crippen molar-refractivity contribution in [1.29, 1.82) is 10.8 Å². The largest absolute Gasteiger partial charge is 0.426 e. The van der Waals surface area contributed by atoms with Crippen molar-refractivity contribution in [3.05, 3.63) is 54.1 Å². The molecule has 8 nitrogen and oxygen atoms in total. The molecule has 0 bridgehead atoms. The van der Waals surface area contributed by atoms with E-state index in [-0.39, 0.29) is 30.7 Å². The lowest BCUT2D eigenvalue weighted by Gasteiger charge is -2.08. The van der Waals surface area contributed by atoms with Crippen molar-refractivity contribution in [2.45, 2.75) is 0 Å². The number of benzene rings is 2. The molecule has 0 aliphatic rings. The first kappa shape index (κ1) is 22.0. The summed E-state index contributed by atoms with van der Waals surface area (Å²) in [5, 5.41) is 16.8. The van der Waals surface area contributed by atoms with Crippen LogP contribution in [-0.2, 0) is 0 Å². The van der Waals surface area contributed by atoms with Gasteiger partial charge in [0.05, 0.1) is 0 Å². The second-order valence-electron chi connectivity index (χ2n) is 4.44. The third kappa shape index (κ3) is 6.98. The van der Waals surface area contributed by atoms with Gasteiger partial charge in [-0.2, -0.15) is 0 Å². The van der Waals surface area contributed by atoms with E-state index in [2.05, 4.69) is 5.32 Å². The van der Waals surface area contributed by atoms with Gasteiger partial charge in [-0.3, -0.25) is 15.6 Å². The number of hydrogen-bond donors (Lipinski definition) is 5. The van der Waals surface area contributed by atoms with Crippen molar-refractivity contribution in [1.82, 2.24) is 0 Å². The lowest BCUT2D eigenvalue weighted by atomic mass is 10.2. The van der Waals surface area contributed by atoms with E-state index >= 15 is 0 Å². The molecule has 0 unspecified atom stereocenters. The second kappa shape index (κ2) is 10.0. The van der Waals surface area contributed by atoms with Crippen LogP contribution in [0.5, 0.6) is 11.5 Å². The molecule has 0 saturated heterocycles. The first-order valence-corrected chi connectivity index (χ1v) is 6.49. The fraction of sp³-hybridized carbons (Fsp3) is 0. The molecule has 25 heavy (non-hydrogen) atoms. The van der Waals surface area contributed by atoms with E-state index < -0.39 is 12.0 Å². The molecule has 0 aliphatic carbocycles. The molecule has 2 aromatic carbocycles. The molecule has 0 heterocycles. The average Bonchev–Trinajstić information content (AvgIpc) is 2.49. The lowest BCUT2D eigenvalue weighted by Crippen LogP contribution is -2.18. The first-order chi connectivity index (χ1) is 10.9. The number of carbonyl (C=O) groups excluding carboxylic acids is 1. The number of ether oxygens (including phenoxy) is 2. The minimum atomic E-state index is -0.421. The van der Waals surface area contributed by atoms with Gasteiger partial charge in [0.25, 0.3) is 18.0 Å². The van der Waals surface area contributed by atoms with Gasteiger partial charge in [0.15, 0.2) is 0 Å². The Bertz CT molecular complexity index is 736. The maximum Gasteiger partial charge on any atom is 0.284 e. The van der Waals surface area contributed by atoms with Gasteiger partial charge in [0, 0.05) is 11.3 Å². The highest BCUT2D eigenvalue weighted by atomic mass is 35.5. The zero-order chi connectivity index (χ0) is 16.8. The van der Waals surface area contributed by atoms with E-state index in [4.69, 9.17) is 31.8 Å². The summed E-state index contributed by atoms with van der Waals surface area (Å²) in [4.78, 5) is 12.1. The predicted octanol–water partition coefficient (Wildman–Crippen LogP) is 2.33. The Kier molecular flexibility index (Phi) is 8.82. The molecular weight excluding hydrogens is 369 g/mol. The maximum absolute atomic E-state index is 12.1. The third-order valence-electron chi connectivity index (χ3n) is 2.68. The van der Waals surface area contributed by atoms with Crippen LogP contribution in [0.25, 0.3) is 0 Å². The summed E-state index contributed by atoms with van der Waals surface area (Å²) in [5.41, 5.74) is 11.2. The molecule has 0 saturated carbocycles. The molecule has 0 aromatic heterocycles. The molecular formula is C15H17Cl2N5O3. The first-order valence-electron chi connectivity index (χ1n) is 6.49. The number of amidine groups is 2. The van der Waals surface area contributed by atoms with Gasteiger partial charge in [-0.05, 0) is 48.5 Å². The van der Waals surface area contributed by atoms with Gasteiger partial charge in [-0.25, -0.2) is 0 Å². The van der Waals surface area contributed by atoms with Crippen LogP contribution in [0.2, 0.25) is 0 Å². The molecule has 0 atom stereocenters. The Labute approximate surface area is 156 Å². The summed E-state index contributed by atoms with van der Waals surface area (Å²) in [7, 11) is 0. The van der Waals surface area contributed by atoms with Crippen molar-refractivity contribution >= 4 is 48.5 Å². The third-order valence-corrected chi connectivity index (χ3v) is 2.68. The fourth-order valence-electron chi connectivity index (χ4n) is 1.74. The van der Waals surface area contributed by atoms with Crippen molar-refractivity contribution in [3.63, 3.8) is 0 Å². The number of hydrogen-bond acceptors (Lipinski definition) is 5. The number of anilines is 1. The molecule has 0 fully saturated rings. The number of nitrogens with one attached hydrogen (secondary N) is 3. The smallest absolute Gasteiger partial charge is 0.284 e. The quantitative estimate of drug-likeness (QED) is 0.404. The molecule has 0 spiro atoms. The number of halogens is 2. The van der Waals surface area contributed by atoms with Crippen molar-refractivity contribution in [2.75, 3.05) is 5.32 Å². The van der Waals surface area contributed by atoms with Crippen LogP contribution in [0.1, 0.15) is 10.4 Å². The molecule has 7 N–H and O–H groups in total. The van der Waals surface area contributed by atoms with Gasteiger partial charge >= 0.3 is 0 Å². The Morgan fingerprint density at radius 2 is 1.20 bits per heavy atom. The minimum absolute atomic E-state index is 0. The lowest BCUT2D eigenvalue weighted by molar-refractivity contribution is 0.102. The Hall–Kier alpha value is -2.97. The van der Waals surface area contributed by atoms with Crippen LogP contribution < -0.4 is 26.3 Å². The Morgan fingerprint density at radius 3 is 1.60 bits per heavy atom. The van der Waals surface area contributed by atoms with Crippen LogP contribution in [0.3, 0.4) is 0 Å². The van der Waals surface area contributed by atoms with Gasteiger partial charge in [-0.15, -0.1) is 24.8 Å². The van der Waals surface area contributed by atoms with Crippen LogP contribution in [0, 0.1) is 10.8 Å². The summed E-state index contributed by atoms with van der Waals surface area (Å²) < 4.78 is 9.81. The Morgan fingerprint density at radius 1 is 0.800 bits per heavy atom. The number of amides is 1. The number of rotatable bonds is 4. The highest BCUT2D eigenvalue weighted by Crippen LogP contribution is 2.17. The van der Waals surface area contributed by atoms with E-state index in [1.165, 1.54) is 0 Å². The molecule has 1 amide bonds. The van der Waals surface area contributed by atoms with Gasteiger partial charge in [-0.1, -0.05) is 0 Å². The van der Waals surface area contributed by atoms with Crippen LogP contribution in [0.15, 0.2) is 48.5 Å². The summed E-state index contributed by atoms with van der Waals surface area (Å²) in [6.45, 7) is 0. The van der Waals surface area contributed by atoms with Crippen LogP contribution >= 0.6 is 24.8 Å². The van der Waals surface area contributed by atoms with Crippen molar-refractivity contribution < 1.29 is 14.3 Å². The van der Waals surface area contributed by atoms with Crippen LogP contribution in [-0.4, -0.2) is 18.0 Å². The highest BCUT2D eigenvalue weighted by Gasteiger charge is 2.07. The number of carbonyl (C=O) groups is 1. The zero-order valence-electron chi connectivity index (χ0n) is 12.8. The molecule has 0 radical (unpaired) electrons. The van der Waals surface area contributed by atoms with Crippen LogP contribution in [0.4, 0.5) is 5.69 Å². The van der Waals surface area contributed by atoms with E-state index in [0.29, 0.717) is 22.7 Å². The topological polar surface area (TPSA) is 147 Å². The molecule has 10 heteroatoms. The van der Waals surface area contributed by atoms with E-state index in [0.717, 1.165) is 0 Å². The average molecular weight is 386 g/mol. The second-order valence-corrected chi connectivity index (χ2v) is 4.44. The minimum Gasteiger partial charge on any atom is -0.426 e. The van der Waals surface area contributed by atoms with Gasteiger partial charge < -0.3 is 26.3 Å². The predicted molar refractivity (Wildman–Crippen MR) is 100 cm³/mol. The zero-order valence-corrected chi connectivity index (χ0v) is 14.4. The van der Waals surface area contributed by atoms with E-state index in [9.17, 15) is 4.79 Å². The van der Waals surface area contributed by atoms with E-state index in [1.54, 1.807) is 48.5 Å². The highest BCUT2D eigenvalue weighted by molar-refractivity contribution is 6.04. The molecule has 0 aliphatic heterocycles. The summed E-state index contributed by atoms with van der Waals surface area (Å²) in [6, 6.07) is 11.8. The number of nitrogens with two attached hydrogens (primary N) is 2. The van der Waals surface area contributed by atoms with Gasteiger partial charge in [0.2, 0.25) is 0 Å². The SMILES string of the molecule is Cl.Cl.N=C(N)Oc1ccc(NC(=O)c2ccc(OC(=N)N)cc2)cc1. The molecule has 134 valence electrons. The fourth-order valence-corrected chi connectivity index (χ4v) is 1.74. The van der Waals surface area contributed by atoms with Crippen molar-refractivity contribution in [2.24, 2.45) is 11.5 Å². The normalized spacial score (nSPS) is 8.96. The maximum atomic E-state index is 12.1. The molecule has 2 aromatic rings. The van der Waals surface area contributed by atoms with E-state index in [1.807, 2.05) is 0 Å². The summed E-state index contributed by atoms with van der Waals surface area (Å²) in [6.07, 6.45) is 0.